The van der Waals surface area contributed by atoms with Gasteiger partial charge in [-0.25, -0.2) is 0 Å². The van der Waals surface area contributed by atoms with E-state index in [2.05, 4.69) is 24.3 Å². The highest BCUT2D eigenvalue weighted by Gasteiger charge is 2.62. The maximum Gasteiger partial charge on any atom is 0.0785 e. The Labute approximate surface area is 120 Å². The second-order valence-corrected chi connectivity index (χ2v) is 6.87. The highest BCUT2D eigenvalue weighted by molar-refractivity contribution is 5.33. The number of aryl methyl sites for hydroxylation is 1. The van der Waals surface area contributed by atoms with Crippen LogP contribution in [0.5, 0.6) is 0 Å². The first-order valence-electron chi connectivity index (χ1n) is 7.82. The second kappa shape index (κ2) is 4.30. The Kier molecular flexibility index (Phi) is 2.75. The Bertz CT molecular complexity index is 531. The fourth-order valence-corrected chi connectivity index (χ4v) is 4.84. The lowest BCUT2D eigenvalue weighted by Gasteiger charge is -2.50. The van der Waals surface area contributed by atoms with E-state index in [4.69, 9.17) is 10.5 Å². The number of aliphatic hydroxyl groups is 1. The molecule has 4 atom stereocenters. The summed E-state index contributed by atoms with van der Waals surface area (Å²) in [6, 6.07) is 8.48. The van der Waals surface area contributed by atoms with Crippen molar-refractivity contribution in [2.45, 2.75) is 56.3 Å². The van der Waals surface area contributed by atoms with E-state index in [0.717, 1.165) is 38.5 Å². The molecule has 20 heavy (non-hydrogen) atoms. The number of hydrogen-bond donors (Lipinski definition) is 2. The zero-order valence-corrected chi connectivity index (χ0v) is 11.8. The lowest BCUT2D eigenvalue weighted by atomic mass is 9.58. The number of fused-ring (bicyclic) bond motifs is 3. The van der Waals surface area contributed by atoms with Crippen LogP contribution in [0, 0.1) is 5.41 Å². The molecule has 3 nitrogen and oxygen atoms in total. The van der Waals surface area contributed by atoms with E-state index < -0.39 is 5.60 Å². The van der Waals surface area contributed by atoms with Crippen molar-refractivity contribution in [3.8, 4) is 0 Å². The van der Waals surface area contributed by atoms with E-state index in [0.29, 0.717) is 12.6 Å². The molecular formula is C17H23NO2. The molecule has 3 aliphatic rings. The third-order valence-electron chi connectivity index (χ3n) is 6.02. The van der Waals surface area contributed by atoms with Gasteiger partial charge < -0.3 is 15.6 Å². The molecule has 0 radical (unpaired) electrons. The third kappa shape index (κ3) is 1.57. The average Bonchev–Trinajstić information content (AvgIpc) is 3.08. The smallest absolute Gasteiger partial charge is 0.0785 e. The summed E-state index contributed by atoms with van der Waals surface area (Å²) >= 11 is 0. The highest BCUT2D eigenvalue weighted by Crippen LogP contribution is 2.56. The highest BCUT2D eigenvalue weighted by atomic mass is 16.5. The molecule has 3 heteroatoms. The average molecular weight is 273 g/mol. The second-order valence-electron chi connectivity index (χ2n) is 6.87. The summed E-state index contributed by atoms with van der Waals surface area (Å²) < 4.78 is 6.05. The van der Waals surface area contributed by atoms with Crippen LogP contribution in [0.1, 0.15) is 36.8 Å². The first-order chi connectivity index (χ1) is 9.67. The molecule has 2 bridgehead atoms. The Morgan fingerprint density at radius 2 is 2.05 bits per heavy atom. The van der Waals surface area contributed by atoms with Crippen LogP contribution in [0.3, 0.4) is 0 Å². The fourth-order valence-electron chi connectivity index (χ4n) is 4.84. The Hall–Kier alpha value is -0.900. The Morgan fingerprint density at radius 1 is 1.25 bits per heavy atom. The molecule has 108 valence electrons. The van der Waals surface area contributed by atoms with Gasteiger partial charge in [-0.2, -0.15) is 0 Å². The molecule has 0 spiro atoms. The van der Waals surface area contributed by atoms with Gasteiger partial charge in [0, 0.05) is 18.4 Å². The van der Waals surface area contributed by atoms with E-state index >= 15 is 0 Å². The molecule has 0 aromatic heterocycles. The van der Waals surface area contributed by atoms with Crippen molar-refractivity contribution in [2.24, 2.45) is 11.1 Å². The Balaban J connectivity index is 1.71. The fraction of sp³-hybridized carbons (Fsp3) is 0.647. The van der Waals surface area contributed by atoms with Crippen molar-refractivity contribution >= 4 is 0 Å². The zero-order valence-electron chi connectivity index (χ0n) is 11.8. The van der Waals surface area contributed by atoms with Gasteiger partial charge in [0.15, 0.2) is 0 Å². The van der Waals surface area contributed by atoms with Gasteiger partial charge in [0.1, 0.15) is 0 Å². The van der Waals surface area contributed by atoms with E-state index in [1.807, 2.05) is 0 Å². The van der Waals surface area contributed by atoms with Gasteiger partial charge in [-0.3, -0.25) is 0 Å². The van der Waals surface area contributed by atoms with Crippen molar-refractivity contribution in [1.29, 1.82) is 0 Å². The molecule has 0 saturated carbocycles. The van der Waals surface area contributed by atoms with Gasteiger partial charge in [-0.15, -0.1) is 0 Å². The largest absolute Gasteiger partial charge is 0.389 e. The van der Waals surface area contributed by atoms with E-state index in [1.54, 1.807) is 0 Å². The number of hydrogen-bond acceptors (Lipinski definition) is 3. The summed E-state index contributed by atoms with van der Waals surface area (Å²) in [7, 11) is 0. The molecule has 3 N–H and O–H groups in total. The summed E-state index contributed by atoms with van der Waals surface area (Å²) in [6.45, 7) is 0.535. The normalized spacial score (nSPS) is 42.7. The van der Waals surface area contributed by atoms with Crippen LogP contribution in [-0.4, -0.2) is 29.5 Å². The summed E-state index contributed by atoms with van der Waals surface area (Å²) in [5.41, 5.74) is 7.89. The maximum atomic E-state index is 11.4. The number of ether oxygens (including phenoxy) is 1. The monoisotopic (exact) mass is 273 g/mol. The molecule has 1 aromatic rings. The molecule has 2 heterocycles. The van der Waals surface area contributed by atoms with Crippen molar-refractivity contribution < 1.29 is 9.84 Å². The maximum absolute atomic E-state index is 11.4. The van der Waals surface area contributed by atoms with Crippen molar-refractivity contribution in [3.63, 3.8) is 0 Å². The summed E-state index contributed by atoms with van der Waals surface area (Å²) in [5, 5.41) is 11.4. The van der Waals surface area contributed by atoms with Crippen molar-refractivity contribution in [2.75, 3.05) is 6.54 Å². The van der Waals surface area contributed by atoms with Gasteiger partial charge in [-0.1, -0.05) is 24.3 Å². The first-order valence-corrected chi connectivity index (χ1v) is 7.82. The molecular weight excluding hydrogens is 250 g/mol. The molecule has 2 aliphatic heterocycles. The van der Waals surface area contributed by atoms with Crippen LogP contribution in [0.15, 0.2) is 24.3 Å². The summed E-state index contributed by atoms with van der Waals surface area (Å²) in [6.07, 6.45) is 6.11. The number of nitrogens with two attached hydrogens (primary N) is 1. The molecule has 4 rings (SSSR count). The van der Waals surface area contributed by atoms with Gasteiger partial charge in [-0.05, 0) is 43.2 Å². The quantitative estimate of drug-likeness (QED) is 0.864. The number of rotatable bonds is 2. The number of benzene rings is 1. The summed E-state index contributed by atoms with van der Waals surface area (Å²) in [5.74, 6) is 0. The molecule has 1 aliphatic carbocycles. The predicted octanol–water partition coefficient (Wildman–Crippen LogP) is 1.80. The molecule has 1 aromatic carbocycles. The standard InChI is InChI=1S/C17H23NO2/c18-11-16(10-14-5-6-15(16)20-14)17(19)8-7-12-3-1-2-4-13(12)9-17/h1-4,14-15,19H,5-11,18H2. The van der Waals surface area contributed by atoms with Crippen LogP contribution in [0.4, 0.5) is 0 Å². The van der Waals surface area contributed by atoms with Gasteiger partial charge in [0.25, 0.3) is 0 Å². The first kappa shape index (κ1) is 12.8. The van der Waals surface area contributed by atoms with Crippen molar-refractivity contribution in [1.82, 2.24) is 0 Å². The zero-order chi connectivity index (χ0) is 13.8. The predicted molar refractivity (Wildman–Crippen MR) is 77.4 cm³/mol. The van der Waals surface area contributed by atoms with E-state index in [9.17, 15) is 5.11 Å². The van der Waals surface area contributed by atoms with Crippen LogP contribution in [0.25, 0.3) is 0 Å². The van der Waals surface area contributed by atoms with E-state index in [1.165, 1.54) is 11.1 Å². The van der Waals surface area contributed by atoms with Crippen LogP contribution < -0.4 is 5.73 Å². The SMILES string of the molecule is NCC1(C2(O)CCc3ccccc3C2)CC2CCC1O2. The topological polar surface area (TPSA) is 55.5 Å². The van der Waals surface area contributed by atoms with Crippen LogP contribution in [0.2, 0.25) is 0 Å². The summed E-state index contributed by atoms with van der Waals surface area (Å²) in [4.78, 5) is 0. The minimum Gasteiger partial charge on any atom is -0.389 e. The molecule has 2 saturated heterocycles. The van der Waals surface area contributed by atoms with Crippen LogP contribution >= 0.6 is 0 Å². The minimum absolute atomic E-state index is 0.160. The van der Waals surface area contributed by atoms with E-state index in [-0.39, 0.29) is 11.5 Å². The lowest BCUT2D eigenvalue weighted by molar-refractivity contribution is -0.119. The molecule has 4 unspecified atom stereocenters. The molecule has 0 amide bonds. The third-order valence-corrected chi connectivity index (χ3v) is 6.02. The molecule has 2 fully saturated rings. The van der Waals surface area contributed by atoms with Gasteiger partial charge in [0.05, 0.1) is 17.8 Å². The lowest BCUT2D eigenvalue weighted by Crippen LogP contribution is -2.60. The Morgan fingerprint density at radius 3 is 2.70 bits per heavy atom. The van der Waals surface area contributed by atoms with Gasteiger partial charge >= 0.3 is 0 Å². The van der Waals surface area contributed by atoms with Gasteiger partial charge in [0.2, 0.25) is 0 Å². The minimum atomic E-state index is -0.698. The van der Waals surface area contributed by atoms with Crippen LogP contribution in [-0.2, 0) is 17.6 Å². The van der Waals surface area contributed by atoms with Crippen molar-refractivity contribution in [3.05, 3.63) is 35.4 Å².